The Balaban J connectivity index is 2.01. The Morgan fingerprint density at radius 3 is 2.56 bits per heavy atom. The standard InChI is InChI=1S/C17H15F4NO2S/c18-16(24,17(19,20)21)12-6-7-13-11(10-12)4-1-2-8-22(13)15(23)14-5-3-9-25-14/h3,5-7,9-10,24H,1-2,4,8H2. The van der Waals surface area contributed by atoms with Gasteiger partial charge in [0, 0.05) is 17.8 Å². The highest BCUT2D eigenvalue weighted by atomic mass is 32.1. The molecule has 8 heteroatoms. The van der Waals surface area contributed by atoms with Crippen LogP contribution in [0.15, 0.2) is 35.7 Å². The number of aliphatic hydroxyl groups is 1. The minimum atomic E-state index is -5.43. The van der Waals surface area contributed by atoms with E-state index in [9.17, 15) is 27.5 Å². The van der Waals surface area contributed by atoms with Crippen molar-refractivity contribution in [1.29, 1.82) is 0 Å². The molecule has 0 aliphatic carbocycles. The molecular weight excluding hydrogens is 358 g/mol. The molecule has 1 aliphatic rings. The smallest absolute Gasteiger partial charge is 0.351 e. The summed E-state index contributed by atoms with van der Waals surface area (Å²) in [5.74, 6) is -4.66. The van der Waals surface area contributed by atoms with Gasteiger partial charge in [0.05, 0.1) is 4.88 Å². The SMILES string of the molecule is O=C(c1cccs1)N1CCCCc2cc(C(O)(F)C(F)(F)F)ccc21. The lowest BCUT2D eigenvalue weighted by molar-refractivity contribution is -0.323. The van der Waals surface area contributed by atoms with Crippen LogP contribution >= 0.6 is 11.3 Å². The second-order valence-electron chi connectivity index (χ2n) is 5.85. The van der Waals surface area contributed by atoms with Crippen LogP contribution in [0.2, 0.25) is 0 Å². The highest BCUT2D eigenvalue weighted by molar-refractivity contribution is 7.12. The van der Waals surface area contributed by atoms with E-state index in [1.165, 1.54) is 22.3 Å². The molecule has 2 aromatic rings. The minimum Gasteiger partial charge on any atom is -0.351 e. The molecule has 1 N–H and O–H groups in total. The number of carbonyl (C=O) groups excluding carboxylic acids is 1. The molecule has 0 spiro atoms. The van der Waals surface area contributed by atoms with Gasteiger partial charge < -0.3 is 10.0 Å². The third-order valence-electron chi connectivity index (χ3n) is 4.18. The molecule has 0 saturated carbocycles. The fourth-order valence-corrected chi connectivity index (χ4v) is 3.54. The molecule has 1 aliphatic heterocycles. The second kappa shape index (κ2) is 6.42. The van der Waals surface area contributed by atoms with Crippen LogP contribution in [0, 0.1) is 0 Å². The number of nitrogens with zero attached hydrogens (tertiary/aromatic N) is 1. The molecule has 134 valence electrons. The molecule has 1 unspecified atom stereocenters. The summed E-state index contributed by atoms with van der Waals surface area (Å²) in [5, 5.41) is 11.0. The van der Waals surface area contributed by atoms with E-state index in [1.54, 1.807) is 17.5 Å². The van der Waals surface area contributed by atoms with Crippen molar-refractivity contribution in [2.45, 2.75) is 31.3 Å². The number of anilines is 1. The van der Waals surface area contributed by atoms with E-state index in [0.29, 0.717) is 41.9 Å². The number of rotatable bonds is 2. The maximum Gasteiger partial charge on any atom is 0.453 e. The predicted molar refractivity (Wildman–Crippen MR) is 86.4 cm³/mol. The molecule has 0 fully saturated rings. The third-order valence-corrected chi connectivity index (χ3v) is 5.04. The van der Waals surface area contributed by atoms with Gasteiger partial charge in [0.1, 0.15) is 0 Å². The Morgan fingerprint density at radius 2 is 1.92 bits per heavy atom. The summed E-state index contributed by atoms with van der Waals surface area (Å²) in [6.07, 6.45) is -3.69. The number of hydrogen-bond acceptors (Lipinski definition) is 3. The summed E-state index contributed by atoms with van der Waals surface area (Å²) < 4.78 is 52.0. The van der Waals surface area contributed by atoms with Crippen molar-refractivity contribution in [1.82, 2.24) is 0 Å². The number of halogens is 4. The molecule has 2 heterocycles. The van der Waals surface area contributed by atoms with Gasteiger partial charge in [0.15, 0.2) is 0 Å². The number of hydrogen-bond donors (Lipinski definition) is 1. The largest absolute Gasteiger partial charge is 0.453 e. The van der Waals surface area contributed by atoms with Crippen molar-refractivity contribution in [3.8, 4) is 0 Å². The van der Waals surface area contributed by atoms with Gasteiger partial charge in [-0.2, -0.15) is 17.6 Å². The lowest BCUT2D eigenvalue weighted by Gasteiger charge is -2.26. The first kappa shape index (κ1) is 17.9. The molecule has 0 saturated heterocycles. The average molecular weight is 373 g/mol. The van der Waals surface area contributed by atoms with E-state index in [-0.39, 0.29) is 5.91 Å². The van der Waals surface area contributed by atoms with Crippen LogP contribution in [0.3, 0.4) is 0 Å². The highest BCUT2D eigenvalue weighted by Gasteiger charge is 2.56. The van der Waals surface area contributed by atoms with Gasteiger partial charge in [-0.25, -0.2) is 0 Å². The van der Waals surface area contributed by atoms with Crippen LogP contribution in [0.25, 0.3) is 0 Å². The van der Waals surface area contributed by atoms with Crippen molar-refractivity contribution in [2.75, 3.05) is 11.4 Å². The Hall–Kier alpha value is -1.93. The summed E-state index contributed by atoms with van der Waals surface area (Å²) in [6, 6.07) is 6.58. The monoisotopic (exact) mass is 373 g/mol. The van der Waals surface area contributed by atoms with Gasteiger partial charge in [-0.05, 0) is 48.4 Å². The van der Waals surface area contributed by atoms with E-state index in [2.05, 4.69) is 0 Å². The molecule has 3 nitrogen and oxygen atoms in total. The zero-order valence-corrected chi connectivity index (χ0v) is 13.8. The molecule has 1 aromatic carbocycles. The molecular formula is C17H15F4NO2S. The van der Waals surface area contributed by atoms with Gasteiger partial charge >= 0.3 is 12.0 Å². The first-order valence-electron chi connectivity index (χ1n) is 7.68. The maximum absolute atomic E-state index is 13.8. The van der Waals surface area contributed by atoms with Gasteiger partial charge in [0.2, 0.25) is 0 Å². The topological polar surface area (TPSA) is 40.5 Å². The van der Waals surface area contributed by atoms with E-state index in [4.69, 9.17) is 0 Å². The summed E-state index contributed by atoms with van der Waals surface area (Å²) in [7, 11) is 0. The van der Waals surface area contributed by atoms with Crippen molar-refractivity contribution >= 4 is 22.9 Å². The molecule has 0 radical (unpaired) electrons. The van der Waals surface area contributed by atoms with Gasteiger partial charge in [0.25, 0.3) is 5.91 Å². The number of fused-ring (bicyclic) bond motifs is 1. The van der Waals surface area contributed by atoms with Gasteiger partial charge in [-0.1, -0.05) is 12.1 Å². The lowest BCUT2D eigenvalue weighted by Crippen LogP contribution is -2.38. The fourth-order valence-electron chi connectivity index (χ4n) is 2.87. The number of amides is 1. The lowest BCUT2D eigenvalue weighted by atomic mass is 9.99. The predicted octanol–water partition coefficient (Wildman–Crippen LogP) is 4.41. The average Bonchev–Trinajstić information content (AvgIpc) is 3.00. The van der Waals surface area contributed by atoms with Crippen LogP contribution in [0.1, 0.15) is 33.6 Å². The van der Waals surface area contributed by atoms with Crippen molar-refractivity contribution < 1.29 is 27.5 Å². The van der Waals surface area contributed by atoms with Crippen molar-refractivity contribution in [2.24, 2.45) is 0 Å². The number of alkyl halides is 4. The zero-order valence-electron chi connectivity index (χ0n) is 13.0. The first-order chi connectivity index (χ1) is 11.7. The normalized spacial score (nSPS) is 17.6. The van der Waals surface area contributed by atoms with Crippen LogP contribution in [-0.2, 0) is 12.3 Å². The molecule has 1 amide bonds. The van der Waals surface area contributed by atoms with Crippen LogP contribution in [0.4, 0.5) is 23.2 Å². The van der Waals surface area contributed by atoms with Crippen LogP contribution in [-0.4, -0.2) is 23.7 Å². The Kier molecular flexibility index (Phi) is 4.59. The minimum absolute atomic E-state index is 0.239. The van der Waals surface area contributed by atoms with Crippen LogP contribution < -0.4 is 4.90 Å². The maximum atomic E-state index is 13.8. The second-order valence-corrected chi connectivity index (χ2v) is 6.80. The van der Waals surface area contributed by atoms with Crippen LogP contribution in [0.5, 0.6) is 0 Å². The van der Waals surface area contributed by atoms with E-state index >= 15 is 0 Å². The van der Waals surface area contributed by atoms with Crippen molar-refractivity contribution in [3.05, 3.63) is 51.7 Å². The quantitative estimate of drug-likeness (QED) is 0.793. The number of thiophene rings is 1. The fraction of sp³-hybridized carbons (Fsp3) is 0.353. The first-order valence-corrected chi connectivity index (χ1v) is 8.56. The molecule has 25 heavy (non-hydrogen) atoms. The third kappa shape index (κ3) is 3.28. The molecule has 0 bridgehead atoms. The summed E-state index contributed by atoms with van der Waals surface area (Å²) in [6.45, 7) is 0.433. The summed E-state index contributed by atoms with van der Waals surface area (Å²) in [4.78, 5) is 14.7. The highest BCUT2D eigenvalue weighted by Crippen LogP contribution is 2.42. The zero-order chi connectivity index (χ0) is 18.2. The summed E-state index contributed by atoms with van der Waals surface area (Å²) in [5.41, 5.74) is 0.00188. The van der Waals surface area contributed by atoms with E-state index in [0.717, 1.165) is 12.1 Å². The number of aryl methyl sites for hydroxylation is 1. The Labute approximate surface area is 145 Å². The number of benzene rings is 1. The number of carbonyl (C=O) groups is 1. The molecule has 1 atom stereocenters. The van der Waals surface area contributed by atoms with Gasteiger partial charge in [-0.3, -0.25) is 4.79 Å². The van der Waals surface area contributed by atoms with E-state index in [1.807, 2.05) is 0 Å². The van der Waals surface area contributed by atoms with Gasteiger partial charge in [-0.15, -0.1) is 11.3 Å². The molecule has 3 rings (SSSR count). The molecule has 1 aromatic heterocycles. The Morgan fingerprint density at radius 1 is 1.16 bits per heavy atom. The Bertz CT molecular complexity index is 771. The summed E-state index contributed by atoms with van der Waals surface area (Å²) >= 11 is 1.28. The van der Waals surface area contributed by atoms with Crippen molar-refractivity contribution in [3.63, 3.8) is 0 Å². The van der Waals surface area contributed by atoms with E-state index < -0.39 is 17.6 Å².